The summed E-state index contributed by atoms with van der Waals surface area (Å²) in [6.45, 7) is 8.35. The molecule has 0 aliphatic carbocycles. The average Bonchev–Trinajstić information content (AvgIpc) is 3.19. The summed E-state index contributed by atoms with van der Waals surface area (Å²) < 4.78 is 33.1. The molecule has 0 saturated carbocycles. The van der Waals surface area contributed by atoms with Crippen molar-refractivity contribution in [2.24, 2.45) is 0 Å². The zero-order chi connectivity index (χ0) is 18.1. The van der Waals surface area contributed by atoms with Gasteiger partial charge in [0.25, 0.3) is 0 Å². The van der Waals surface area contributed by atoms with E-state index in [1.54, 1.807) is 17.5 Å². The maximum absolute atomic E-state index is 12.3. The summed E-state index contributed by atoms with van der Waals surface area (Å²) >= 11 is 1.24. The van der Waals surface area contributed by atoms with Gasteiger partial charge < -0.3 is 4.52 Å². The highest BCUT2D eigenvalue weighted by atomic mass is 32.2. The van der Waals surface area contributed by atoms with Crippen LogP contribution in [0.5, 0.6) is 0 Å². The summed E-state index contributed by atoms with van der Waals surface area (Å²) in [5.74, 6) is 1.32. The van der Waals surface area contributed by atoms with Crippen LogP contribution in [0.2, 0.25) is 0 Å². The fourth-order valence-corrected chi connectivity index (χ4v) is 5.04. The second-order valence-electron chi connectivity index (χ2n) is 7.37. The summed E-state index contributed by atoms with van der Waals surface area (Å²) in [5, 5.41) is 5.82. The predicted molar refractivity (Wildman–Crippen MR) is 95.9 cm³/mol. The van der Waals surface area contributed by atoms with Crippen molar-refractivity contribution in [3.63, 3.8) is 0 Å². The molecule has 1 saturated heterocycles. The minimum Gasteiger partial charge on any atom is -0.339 e. The Kier molecular flexibility index (Phi) is 5.29. The number of rotatable bonds is 5. The van der Waals surface area contributed by atoms with Crippen LogP contribution >= 0.6 is 11.3 Å². The van der Waals surface area contributed by atoms with Crippen LogP contribution in [0.3, 0.4) is 0 Å². The number of sulfonamides is 1. The van der Waals surface area contributed by atoms with E-state index in [-0.39, 0.29) is 11.5 Å². The molecule has 2 aromatic heterocycles. The first-order valence-electron chi connectivity index (χ1n) is 8.35. The standard InChI is InChI=1S/C16H24N4O3S2/c1-16(2,3)15-17-13(18-23-15)11-20-8-6-12(7-9-20)19-25(21,22)14-5-4-10-24-14/h4-5,10,12,19H,6-9,11H2,1-3H3. The molecule has 0 atom stereocenters. The molecule has 0 aromatic carbocycles. The molecule has 0 unspecified atom stereocenters. The smallest absolute Gasteiger partial charge is 0.250 e. The van der Waals surface area contributed by atoms with Crippen molar-refractivity contribution in [3.8, 4) is 0 Å². The maximum atomic E-state index is 12.3. The van der Waals surface area contributed by atoms with Gasteiger partial charge in [-0.1, -0.05) is 32.0 Å². The van der Waals surface area contributed by atoms with E-state index in [4.69, 9.17) is 4.52 Å². The highest BCUT2D eigenvalue weighted by molar-refractivity contribution is 7.91. The second-order valence-corrected chi connectivity index (χ2v) is 10.3. The predicted octanol–water partition coefficient (Wildman–Crippen LogP) is 2.37. The molecule has 0 bridgehead atoms. The molecule has 0 spiro atoms. The molecule has 1 fully saturated rings. The lowest BCUT2D eigenvalue weighted by Crippen LogP contribution is -2.44. The highest BCUT2D eigenvalue weighted by Gasteiger charge is 2.27. The summed E-state index contributed by atoms with van der Waals surface area (Å²) in [6.07, 6.45) is 1.54. The number of hydrogen-bond donors (Lipinski definition) is 1. The first-order chi connectivity index (χ1) is 11.7. The number of nitrogens with zero attached hydrogens (tertiary/aromatic N) is 3. The second kappa shape index (κ2) is 7.14. The van der Waals surface area contributed by atoms with Crippen LogP contribution in [-0.2, 0) is 22.0 Å². The molecule has 0 amide bonds. The quantitative estimate of drug-likeness (QED) is 0.851. The van der Waals surface area contributed by atoms with Crippen LogP contribution in [0.15, 0.2) is 26.2 Å². The molecular weight excluding hydrogens is 360 g/mol. The van der Waals surface area contributed by atoms with E-state index in [2.05, 4.69) is 19.8 Å². The summed E-state index contributed by atoms with van der Waals surface area (Å²) in [6, 6.07) is 3.35. The lowest BCUT2D eigenvalue weighted by Gasteiger charge is -2.31. The molecule has 0 radical (unpaired) electrons. The Bertz CT molecular complexity index is 786. The molecule has 3 rings (SSSR count). The Balaban J connectivity index is 1.51. The van der Waals surface area contributed by atoms with Crippen molar-refractivity contribution in [1.29, 1.82) is 0 Å². The van der Waals surface area contributed by atoms with Gasteiger partial charge in [0.15, 0.2) is 5.82 Å². The molecule has 1 N–H and O–H groups in total. The largest absolute Gasteiger partial charge is 0.339 e. The molecule has 3 heterocycles. The topological polar surface area (TPSA) is 88.3 Å². The zero-order valence-electron chi connectivity index (χ0n) is 14.7. The van der Waals surface area contributed by atoms with Crippen LogP contribution in [0.25, 0.3) is 0 Å². The maximum Gasteiger partial charge on any atom is 0.250 e. The van der Waals surface area contributed by atoms with Crippen LogP contribution < -0.4 is 4.72 Å². The van der Waals surface area contributed by atoms with Crippen molar-refractivity contribution in [2.75, 3.05) is 13.1 Å². The van der Waals surface area contributed by atoms with Crippen molar-refractivity contribution < 1.29 is 12.9 Å². The summed E-state index contributed by atoms with van der Waals surface area (Å²) in [7, 11) is -3.40. The molecule has 1 aliphatic rings. The van der Waals surface area contributed by atoms with E-state index in [0.29, 0.717) is 22.5 Å². The van der Waals surface area contributed by atoms with Crippen LogP contribution in [0.4, 0.5) is 0 Å². The van der Waals surface area contributed by atoms with Crippen molar-refractivity contribution in [3.05, 3.63) is 29.2 Å². The van der Waals surface area contributed by atoms with E-state index >= 15 is 0 Å². The number of likely N-dealkylation sites (tertiary alicyclic amines) is 1. The van der Waals surface area contributed by atoms with Gasteiger partial charge in [-0.3, -0.25) is 4.90 Å². The minimum atomic E-state index is -3.40. The Morgan fingerprint density at radius 3 is 2.64 bits per heavy atom. The van der Waals surface area contributed by atoms with Gasteiger partial charge in [-0.25, -0.2) is 13.1 Å². The molecule has 2 aromatic rings. The van der Waals surface area contributed by atoms with Gasteiger partial charge in [-0.15, -0.1) is 11.3 Å². The number of aromatic nitrogens is 2. The van der Waals surface area contributed by atoms with Crippen LogP contribution in [0.1, 0.15) is 45.3 Å². The van der Waals surface area contributed by atoms with Gasteiger partial charge in [0, 0.05) is 24.5 Å². The van der Waals surface area contributed by atoms with Gasteiger partial charge in [0.2, 0.25) is 15.9 Å². The first-order valence-corrected chi connectivity index (χ1v) is 10.7. The Morgan fingerprint density at radius 1 is 1.36 bits per heavy atom. The lowest BCUT2D eigenvalue weighted by molar-refractivity contribution is 0.193. The monoisotopic (exact) mass is 384 g/mol. The number of piperidine rings is 1. The van der Waals surface area contributed by atoms with E-state index < -0.39 is 10.0 Å². The number of nitrogens with one attached hydrogen (secondary N) is 1. The number of thiophene rings is 1. The molecular formula is C16H24N4O3S2. The average molecular weight is 385 g/mol. The zero-order valence-corrected chi connectivity index (χ0v) is 16.4. The summed E-state index contributed by atoms with van der Waals surface area (Å²) in [5.41, 5.74) is -0.154. The van der Waals surface area contributed by atoms with Gasteiger partial charge >= 0.3 is 0 Å². The highest BCUT2D eigenvalue weighted by Crippen LogP contribution is 2.21. The van der Waals surface area contributed by atoms with E-state index in [0.717, 1.165) is 25.9 Å². The van der Waals surface area contributed by atoms with Crippen molar-refractivity contribution in [2.45, 2.75) is 55.8 Å². The fourth-order valence-electron chi connectivity index (χ4n) is 2.73. The van der Waals surface area contributed by atoms with Gasteiger partial charge in [0.1, 0.15) is 4.21 Å². The normalized spacial score (nSPS) is 17.9. The molecule has 25 heavy (non-hydrogen) atoms. The minimum absolute atomic E-state index is 0.0289. The third kappa shape index (κ3) is 4.66. The molecule has 138 valence electrons. The summed E-state index contributed by atoms with van der Waals surface area (Å²) in [4.78, 5) is 6.69. The molecule has 1 aliphatic heterocycles. The third-order valence-electron chi connectivity index (χ3n) is 4.14. The van der Waals surface area contributed by atoms with Crippen molar-refractivity contribution in [1.82, 2.24) is 19.8 Å². The van der Waals surface area contributed by atoms with Crippen LogP contribution in [-0.4, -0.2) is 42.6 Å². The Labute approximate surface area is 152 Å². The fraction of sp³-hybridized carbons (Fsp3) is 0.625. The van der Waals surface area contributed by atoms with E-state index in [1.807, 2.05) is 20.8 Å². The van der Waals surface area contributed by atoms with Crippen molar-refractivity contribution >= 4 is 21.4 Å². The van der Waals surface area contributed by atoms with Crippen LogP contribution in [0, 0.1) is 0 Å². The SMILES string of the molecule is CC(C)(C)c1nc(CN2CCC(NS(=O)(=O)c3cccs3)CC2)no1. The van der Waals surface area contributed by atoms with Gasteiger partial charge in [-0.2, -0.15) is 4.98 Å². The lowest BCUT2D eigenvalue weighted by atomic mass is 9.97. The van der Waals surface area contributed by atoms with Gasteiger partial charge in [-0.05, 0) is 24.3 Å². The third-order valence-corrected chi connectivity index (χ3v) is 7.06. The first kappa shape index (κ1) is 18.5. The van der Waals surface area contributed by atoms with E-state index in [1.165, 1.54) is 11.3 Å². The Morgan fingerprint density at radius 2 is 2.08 bits per heavy atom. The molecule has 7 nitrogen and oxygen atoms in total. The number of hydrogen-bond acceptors (Lipinski definition) is 7. The Hall–Kier alpha value is -1.29. The van der Waals surface area contributed by atoms with E-state index in [9.17, 15) is 8.42 Å². The van der Waals surface area contributed by atoms with Gasteiger partial charge in [0.05, 0.1) is 6.54 Å². The molecule has 9 heteroatoms.